The average molecular weight is 254 g/mol. The number of hydrogen-bond donors (Lipinski definition) is 0. The molecule has 2 rings (SSSR count). The summed E-state index contributed by atoms with van der Waals surface area (Å²) in [5.74, 6) is 1.42. The van der Waals surface area contributed by atoms with Crippen LogP contribution in [-0.2, 0) is 5.88 Å². The van der Waals surface area contributed by atoms with Gasteiger partial charge in [-0.1, -0.05) is 20.3 Å². The van der Waals surface area contributed by atoms with E-state index in [0.717, 1.165) is 24.6 Å². The molecule has 1 aliphatic rings. The van der Waals surface area contributed by atoms with E-state index >= 15 is 0 Å². The van der Waals surface area contributed by atoms with Crippen LogP contribution in [0.25, 0.3) is 0 Å². The van der Waals surface area contributed by atoms with Crippen molar-refractivity contribution in [1.82, 2.24) is 10.2 Å². The van der Waals surface area contributed by atoms with Crippen LogP contribution in [-0.4, -0.2) is 23.3 Å². The van der Waals surface area contributed by atoms with E-state index in [1.165, 1.54) is 19.3 Å². The van der Waals surface area contributed by atoms with Gasteiger partial charge in [0.1, 0.15) is 0 Å². The van der Waals surface area contributed by atoms with E-state index in [4.69, 9.17) is 11.6 Å². The molecular formula is C13H20ClN3. The summed E-state index contributed by atoms with van der Waals surface area (Å²) in [5.41, 5.74) is 1.35. The van der Waals surface area contributed by atoms with Gasteiger partial charge in [-0.2, -0.15) is 5.10 Å². The van der Waals surface area contributed by atoms with Crippen LogP contribution in [0.1, 0.15) is 38.8 Å². The van der Waals surface area contributed by atoms with Crippen LogP contribution >= 0.6 is 11.6 Å². The fourth-order valence-corrected chi connectivity index (χ4v) is 2.36. The lowest BCUT2D eigenvalue weighted by molar-refractivity contribution is 0.237. The SMILES string of the molecule is CCC1(C)CCN(c2ccc(CCl)nn2)CC1. The molecule has 0 amide bonds. The van der Waals surface area contributed by atoms with E-state index < -0.39 is 0 Å². The van der Waals surface area contributed by atoms with E-state index in [0.29, 0.717) is 11.3 Å². The molecule has 0 saturated carbocycles. The monoisotopic (exact) mass is 253 g/mol. The smallest absolute Gasteiger partial charge is 0.151 e. The molecule has 0 atom stereocenters. The Morgan fingerprint density at radius 3 is 2.47 bits per heavy atom. The molecule has 0 spiro atoms. The lowest BCUT2D eigenvalue weighted by atomic mass is 9.78. The van der Waals surface area contributed by atoms with Crippen molar-refractivity contribution in [2.24, 2.45) is 5.41 Å². The Hall–Kier alpha value is -0.830. The predicted octanol–water partition coefficient (Wildman–Crippen LogP) is 3.23. The van der Waals surface area contributed by atoms with Crippen molar-refractivity contribution in [2.75, 3.05) is 18.0 Å². The van der Waals surface area contributed by atoms with E-state index in [-0.39, 0.29) is 0 Å². The summed E-state index contributed by atoms with van der Waals surface area (Å²) in [4.78, 5) is 2.32. The average Bonchev–Trinajstić information content (AvgIpc) is 2.40. The fourth-order valence-electron chi connectivity index (χ4n) is 2.22. The van der Waals surface area contributed by atoms with Crippen LogP contribution < -0.4 is 4.90 Å². The van der Waals surface area contributed by atoms with Gasteiger partial charge in [0.2, 0.25) is 0 Å². The van der Waals surface area contributed by atoms with Gasteiger partial charge in [-0.25, -0.2) is 0 Å². The van der Waals surface area contributed by atoms with Crippen LogP contribution in [0.4, 0.5) is 5.82 Å². The van der Waals surface area contributed by atoms with Crippen LogP contribution in [0.2, 0.25) is 0 Å². The zero-order chi connectivity index (χ0) is 12.3. The Morgan fingerprint density at radius 2 is 2.00 bits per heavy atom. The van der Waals surface area contributed by atoms with Gasteiger partial charge in [0.05, 0.1) is 11.6 Å². The van der Waals surface area contributed by atoms with Crippen molar-refractivity contribution in [3.63, 3.8) is 0 Å². The minimum Gasteiger partial charge on any atom is -0.355 e. The first-order valence-electron chi connectivity index (χ1n) is 6.30. The molecular weight excluding hydrogens is 234 g/mol. The lowest BCUT2D eigenvalue weighted by Gasteiger charge is -2.39. The van der Waals surface area contributed by atoms with E-state index in [9.17, 15) is 0 Å². The summed E-state index contributed by atoms with van der Waals surface area (Å²) in [6.07, 6.45) is 3.74. The van der Waals surface area contributed by atoms with Crippen molar-refractivity contribution in [3.05, 3.63) is 17.8 Å². The highest BCUT2D eigenvalue weighted by molar-refractivity contribution is 6.16. The third-order valence-electron chi connectivity index (χ3n) is 3.99. The molecule has 1 saturated heterocycles. The standard InChI is InChI=1S/C13H20ClN3/c1-3-13(2)6-8-17(9-7-13)12-5-4-11(10-14)15-16-12/h4-5H,3,6-10H2,1-2H3. The van der Waals surface area contributed by atoms with E-state index in [2.05, 4.69) is 28.9 Å². The third kappa shape index (κ3) is 2.89. The van der Waals surface area contributed by atoms with Crippen LogP contribution in [0.3, 0.4) is 0 Å². The highest BCUT2D eigenvalue weighted by atomic mass is 35.5. The molecule has 0 radical (unpaired) electrons. The number of aromatic nitrogens is 2. The van der Waals surface area contributed by atoms with Crippen LogP contribution in [0.5, 0.6) is 0 Å². The Balaban J connectivity index is 2.00. The second-order valence-electron chi connectivity index (χ2n) is 5.17. The van der Waals surface area contributed by atoms with Crippen LogP contribution in [0, 0.1) is 5.41 Å². The van der Waals surface area contributed by atoms with Gasteiger partial charge in [0.25, 0.3) is 0 Å². The first-order valence-corrected chi connectivity index (χ1v) is 6.84. The second-order valence-corrected chi connectivity index (χ2v) is 5.44. The molecule has 1 fully saturated rings. The van der Waals surface area contributed by atoms with Gasteiger partial charge >= 0.3 is 0 Å². The Morgan fingerprint density at radius 1 is 1.29 bits per heavy atom. The van der Waals surface area contributed by atoms with Crippen molar-refractivity contribution in [3.8, 4) is 0 Å². The molecule has 3 nitrogen and oxygen atoms in total. The highest BCUT2D eigenvalue weighted by Crippen LogP contribution is 2.34. The third-order valence-corrected chi connectivity index (χ3v) is 4.26. The van der Waals surface area contributed by atoms with Crippen molar-refractivity contribution in [1.29, 1.82) is 0 Å². The Kier molecular flexibility index (Phi) is 3.87. The molecule has 0 bridgehead atoms. The number of halogens is 1. The molecule has 1 aromatic rings. The molecule has 17 heavy (non-hydrogen) atoms. The maximum atomic E-state index is 5.71. The molecule has 1 aliphatic heterocycles. The summed E-state index contributed by atoms with van der Waals surface area (Å²) in [6.45, 7) is 6.83. The van der Waals surface area contributed by atoms with Gasteiger partial charge in [-0.05, 0) is 30.4 Å². The second kappa shape index (κ2) is 5.21. The fraction of sp³-hybridized carbons (Fsp3) is 0.692. The molecule has 4 heteroatoms. The Labute approximate surface area is 108 Å². The quantitative estimate of drug-likeness (QED) is 0.775. The number of alkyl halides is 1. The number of hydrogen-bond acceptors (Lipinski definition) is 3. The Bertz CT molecular complexity index is 355. The molecule has 2 heterocycles. The topological polar surface area (TPSA) is 29.0 Å². The number of anilines is 1. The highest BCUT2D eigenvalue weighted by Gasteiger charge is 2.28. The summed E-state index contributed by atoms with van der Waals surface area (Å²) < 4.78 is 0. The normalized spacial score (nSPS) is 19.4. The van der Waals surface area contributed by atoms with Crippen LogP contribution in [0.15, 0.2) is 12.1 Å². The van der Waals surface area contributed by atoms with Gasteiger partial charge < -0.3 is 4.90 Å². The maximum absolute atomic E-state index is 5.71. The molecule has 0 N–H and O–H groups in total. The maximum Gasteiger partial charge on any atom is 0.151 e. The van der Waals surface area contributed by atoms with Gasteiger partial charge in [-0.3, -0.25) is 0 Å². The summed E-state index contributed by atoms with van der Waals surface area (Å²) in [6, 6.07) is 3.99. The van der Waals surface area contributed by atoms with Crippen molar-refractivity contribution < 1.29 is 0 Å². The van der Waals surface area contributed by atoms with Gasteiger partial charge in [0, 0.05) is 13.1 Å². The summed E-state index contributed by atoms with van der Waals surface area (Å²) in [7, 11) is 0. The lowest BCUT2D eigenvalue weighted by Crippen LogP contribution is -2.38. The van der Waals surface area contributed by atoms with Crippen molar-refractivity contribution >= 4 is 17.4 Å². The zero-order valence-electron chi connectivity index (χ0n) is 10.6. The first kappa shape index (κ1) is 12.6. The number of piperidine rings is 1. The summed E-state index contributed by atoms with van der Waals surface area (Å²) >= 11 is 5.71. The minimum atomic E-state index is 0.432. The first-order chi connectivity index (χ1) is 8.17. The predicted molar refractivity (Wildman–Crippen MR) is 71.4 cm³/mol. The van der Waals surface area contributed by atoms with Crippen molar-refractivity contribution in [2.45, 2.75) is 39.0 Å². The zero-order valence-corrected chi connectivity index (χ0v) is 11.4. The number of rotatable bonds is 3. The molecule has 0 aliphatic carbocycles. The molecule has 94 valence electrons. The molecule has 1 aromatic heterocycles. The summed E-state index contributed by atoms with van der Waals surface area (Å²) in [5, 5.41) is 8.34. The largest absolute Gasteiger partial charge is 0.355 e. The van der Waals surface area contributed by atoms with E-state index in [1.807, 2.05) is 12.1 Å². The van der Waals surface area contributed by atoms with Gasteiger partial charge in [0.15, 0.2) is 5.82 Å². The number of nitrogens with zero attached hydrogens (tertiary/aromatic N) is 3. The minimum absolute atomic E-state index is 0.432. The van der Waals surface area contributed by atoms with E-state index in [1.54, 1.807) is 0 Å². The molecule has 0 aromatic carbocycles. The van der Waals surface area contributed by atoms with Gasteiger partial charge in [-0.15, -0.1) is 16.7 Å². The molecule has 0 unspecified atom stereocenters.